The molecule has 3 rings (SSSR count). The standard InChI is InChI=1S/C24H21ClO3.C4H10O.C2H6/c1-15-12-18-5-4-16(10-11-24(2,3)28)13-21(18)23(20(15)14-22(26)27)17-6-8-19(25)9-7-17;1-4(2,3)5;1-2/h4-9,12-13,28H,14H2,1-3H3,(H,26,27);5H,1-3H3;1-2H3. The quantitative estimate of drug-likeness (QED) is 0.340. The van der Waals surface area contributed by atoms with Gasteiger partial charge in [0.25, 0.3) is 0 Å². The minimum atomic E-state index is -1.09. The van der Waals surface area contributed by atoms with Gasteiger partial charge in [-0.1, -0.05) is 61.6 Å². The lowest BCUT2D eigenvalue weighted by Gasteiger charge is -2.16. The minimum absolute atomic E-state index is 0.0701. The molecule has 0 amide bonds. The molecular weight excluding hydrogens is 460 g/mol. The molecule has 0 aliphatic rings. The first kappa shape index (κ1) is 30.2. The van der Waals surface area contributed by atoms with Crippen LogP contribution in [0, 0.1) is 18.8 Å². The highest BCUT2D eigenvalue weighted by Gasteiger charge is 2.16. The van der Waals surface area contributed by atoms with E-state index in [0.717, 1.165) is 38.6 Å². The first-order chi connectivity index (χ1) is 16.1. The van der Waals surface area contributed by atoms with Gasteiger partial charge in [0.15, 0.2) is 0 Å². The molecular formula is C30H37ClO4. The normalized spacial score (nSPS) is 10.8. The lowest BCUT2D eigenvalue weighted by Crippen LogP contribution is -2.14. The molecule has 0 aromatic heterocycles. The third-order valence-corrected chi connectivity index (χ3v) is 4.70. The number of hydrogen-bond donors (Lipinski definition) is 3. The Kier molecular flexibility index (Phi) is 11.0. The van der Waals surface area contributed by atoms with Crippen LogP contribution >= 0.6 is 11.6 Å². The van der Waals surface area contributed by atoms with E-state index in [-0.39, 0.29) is 6.42 Å². The summed E-state index contributed by atoms with van der Waals surface area (Å²) in [5, 5.41) is 30.4. The minimum Gasteiger partial charge on any atom is -0.481 e. The summed E-state index contributed by atoms with van der Waals surface area (Å²) in [4.78, 5) is 11.5. The molecule has 0 unspecified atom stereocenters. The SMILES string of the molecule is CC.CC(C)(C)O.Cc1cc2ccc(C#CC(C)(C)O)cc2c(-c2ccc(Cl)cc2)c1CC(=O)O. The predicted molar refractivity (Wildman–Crippen MR) is 147 cm³/mol. The lowest BCUT2D eigenvalue weighted by molar-refractivity contribution is -0.136. The van der Waals surface area contributed by atoms with Crippen molar-refractivity contribution in [1.29, 1.82) is 0 Å². The van der Waals surface area contributed by atoms with Crippen LogP contribution in [0.25, 0.3) is 21.9 Å². The molecule has 0 heterocycles. The zero-order chi connectivity index (χ0) is 27.0. The van der Waals surface area contributed by atoms with E-state index in [1.165, 1.54) is 0 Å². The van der Waals surface area contributed by atoms with E-state index in [4.69, 9.17) is 16.7 Å². The molecule has 0 saturated heterocycles. The molecule has 188 valence electrons. The van der Waals surface area contributed by atoms with Crippen molar-refractivity contribution in [3.63, 3.8) is 0 Å². The van der Waals surface area contributed by atoms with Crippen molar-refractivity contribution in [3.8, 4) is 23.0 Å². The van der Waals surface area contributed by atoms with Crippen LogP contribution in [0.2, 0.25) is 5.02 Å². The van der Waals surface area contributed by atoms with E-state index >= 15 is 0 Å². The van der Waals surface area contributed by atoms with Crippen LogP contribution in [-0.4, -0.2) is 32.5 Å². The monoisotopic (exact) mass is 496 g/mol. The van der Waals surface area contributed by atoms with Crippen LogP contribution < -0.4 is 0 Å². The van der Waals surface area contributed by atoms with Crippen molar-refractivity contribution < 1.29 is 20.1 Å². The smallest absolute Gasteiger partial charge is 0.307 e. The molecule has 3 aromatic rings. The summed E-state index contributed by atoms with van der Waals surface area (Å²) in [7, 11) is 0. The summed E-state index contributed by atoms with van der Waals surface area (Å²) in [6.07, 6.45) is -0.0701. The Bertz CT molecular complexity index is 1200. The zero-order valence-corrected chi connectivity index (χ0v) is 22.7. The fourth-order valence-corrected chi connectivity index (χ4v) is 3.33. The molecule has 35 heavy (non-hydrogen) atoms. The Labute approximate surface area is 214 Å². The molecule has 0 bridgehead atoms. The van der Waals surface area contributed by atoms with Crippen LogP contribution in [0.15, 0.2) is 48.5 Å². The van der Waals surface area contributed by atoms with Gasteiger partial charge in [0.1, 0.15) is 5.60 Å². The Hall–Kier alpha value is -2.84. The lowest BCUT2D eigenvalue weighted by atomic mass is 9.88. The number of halogens is 1. The second kappa shape index (κ2) is 12.7. The van der Waals surface area contributed by atoms with Gasteiger partial charge in [0.2, 0.25) is 0 Å². The number of hydrogen-bond acceptors (Lipinski definition) is 3. The van der Waals surface area contributed by atoms with Crippen LogP contribution in [0.4, 0.5) is 0 Å². The number of aliphatic hydroxyl groups is 2. The highest BCUT2D eigenvalue weighted by Crippen LogP contribution is 2.36. The maximum Gasteiger partial charge on any atom is 0.307 e. The molecule has 0 fully saturated rings. The highest BCUT2D eigenvalue weighted by atomic mass is 35.5. The number of carboxylic acids is 1. The molecule has 5 heteroatoms. The van der Waals surface area contributed by atoms with Crippen molar-refractivity contribution in [3.05, 3.63) is 70.2 Å². The van der Waals surface area contributed by atoms with Gasteiger partial charge >= 0.3 is 5.97 Å². The molecule has 4 nitrogen and oxygen atoms in total. The Balaban J connectivity index is 0.000000779. The Morgan fingerprint density at radius 2 is 1.49 bits per heavy atom. The number of rotatable bonds is 3. The molecule has 0 spiro atoms. The van der Waals surface area contributed by atoms with Crippen molar-refractivity contribution in [2.45, 2.75) is 73.0 Å². The van der Waals surface area contributed by atoms with Gasteiger partial charge in [-0.3, -0.25) is 4.79 Å². The first-order valence-electron chi connectivity index (χ1n) is 11.7. The summed E-state index contributed by atoms with van der Waals surface area (Å²) >= 11 is 6.05. The first-order valence-corrected chi connectivity index (χ1v) is 12.0. The van der Waals surface area contributed by atoms with Crippen molar-refractivity contribution >= 4 is 28.3 Å². The van der Waals surface area contributed by atoms with E-state index in [0.29, 0.717) is 5.02 Å². The molecule has 3 aromatic carbocycles. The zero-order valence-electron chi connectivity index (χ0n) is 22.0. The van der Waals surface area contributed by atoms with Gasteiger partial charge in [-0.15, -0.1) is 0 Å². The maximum absolute atomic E-state index is 11.5. The molecule has 0 radical (unpaired) electrons. The Morgan fingerprint density at radius 1 is 0.943 bits per heavy atom. The van der Waals surface area contributed by atoms with E-state index in [1.54, 1.807) is 46.8 Å². The second-order valence-electron chi connectivity index (χ2n) is 9.54. The van der Waals surface area contributed by atoms with Crippen molar-refractivity contribution in [2.24, 2.45) is 0 Å². The van der Waals surface area contributed by atoms with Gasteiger partial charge < -0.3 is 15.3 Å². The van der Waals surface area contributed by atoms with E-state index < -0.39 is 17.2 Å². The summed E-state index contributed by atoms with van der Waals surface area (Å²) in [5.41, 5.74) is 2.65. The second-order valence-corrected chi connectivity index (χ2v) is 9.98. The third kappa shape index (κ3) is 10.5. The number of fused-ring (bicyclic) bond motifs is 1. The maximum atomic E-state index is 11.5. The number of aryl methyl sites for hydroxylation is 1. The van der Waals surface area contributed by atoms with E-state index in [2.05, 4.69) is 11.8 Å². The van der Waals surface area contributed by atoms with Gasteiger partial charge in [-0.25, -0.2) is 0 Å². The topological polar surface area (TPSA) is 77.8 Å². The van der Waals surface area contributed by atoms with Crippen LogP contribution in [0.3, 0.4) is 0 Å². The summed E-state index contributed by atoms with van der Waals surface area (Å²) < 4.78 is 0. The fraction of sp³-hybridized carbons (Fsp3) is 0.367. The van der Waals surface area contributed by atoms with Gasteiger partial charge in [0.05, 0.1) is 12.0 Å². The molecule has 0 aliphatic heterocycles. The summed E-state index contributed by atoms with van der Waals surface area (Å²) in [6.45, 7) is 14.4. The molecule has 0 aliphatic carbocycles. The average Bonchev–Trinajstić information content (AvgIpc) is 2.73. The van der Waals surface area contributed by atoms with Gasteiger partial charge in [0, 0.05) is 10.6 Å². The summed E-state index contributed by atoms with van der Waals surface area (Å²) in [6, 6.07) is 15.2. The number of carbonyl (C=O) groups is 1. The van der Waals surface area contributed by atoms with Gasteiger partial charge in [-0.05, 0) is 98.8 Å². The predicted octanol–water partition coefficient (Wildman–Crippen LogP) is 7.02. The number of benzene rings is 3. The van der Waals surface area contributed by atoms with Gasteiger partial charge in [-0.2, -0.15) is 0 Å². The van der Waals surface area contributed by atoms with Crippen LogP contribution in [-0.2, 0) is 11.2 Å². The van der Waals surface area contributed by atoms with E-state index in [9.17, 15) is 15.0 Å². The van der Waals surface area contributed by atoms with Crippen LogP contribution in [0.5, 0.6) is 0 Å². The number of aliphatic carboxylic acids is 1. The Morgan fingerprint density at radius 3 is 1.97 bits per heavy atom. The van der Waals surface area contributed by atoms with Crippen LogP contribution in [0.1, 0.15) is 65.2 Å². The van der Waals surface area contributed by atoms with Crippen molar-refractivity contribution in [2.75, 3.05) is 0 Å². The molecule has 3 N–H and O–H groups in total. The summed E-state index contributed by atoms with van der Waals surface area (Å²) in [5.74, 6) is 4.94. The number of carboxylic acid groups (broad SMARTS) is 1. The van der Waals surface area contributed by atoms with E-state index in [1.807, 2.05) is 57.2 Å². The molecule has 0 saturated carbocycles. The largest absolute Gasteiger partial charge is 0.481 e. The fourth-order valence-electron chi connectivity index (χ4n) is 3.21. The highest BCUT2D eigenvalue weighted by molar-refractivity contribution is 6.30. The third-order valence-electron chi connectivity index (χ3n) is 4.45. The van der Waals surface area contributed by atoms with Crippen molar-refractivity contribution in [1.82, 2.24) is 0 Å². The molecule has 0 atom stereocenters. The average molecular weight is 497 g/mol.